The quantitative estimate of drug-likeness (QED) is 0.419. The molecule has 1 heteroatoms. The molecule has 0 amide bonds. The highest BCUT2D eigenvalue weighted by Crippen LogP contribution is 2.02. The van der Waals surface area contributed by atoms with Crippen molar-refractivity contribution < 1.29 is 0 Å². The Kier molecular flexibility index (Phi) is 6.14. The van der Waals surface area contributed by atoms with E-state index in [1.54, 1.807) is 0 Å². The van der Waals surface area contributed by atoms with Crippen molar-refractivity contribution in [3.05, 3.63) is 12.2 Å². The molecule has 1 nitrogen and oxygen atoms in total. The molecule has 0 saturated heterocycles. The third kappa shape index (κ3) is 4.30. The van der Waals surface area contributed by atoms with Crippen molar-refractivity contribution in [3.63, 3.8) is 0 Å². The molecule has 1 unspecified atom stereocenters. The lowest BCUT2D eigenvalue weighted by Gasteiger charge is -2.02. The van der Waals surface area contributed by atoms with E-state index in [0.29, 0.717) is 6.04 Å². The fourth-order valence-corrected chi connectivity index (χ4v) is 0.930. The summed E-state index contributed by atoms with van der Waals surface area (Å²) < 4.78 is 0. The van der Waals surface area contributed by atoms with Gasteiger partial charge in [0.15, 0.2) is 0 Å². The van der Waals surface area contributed by atoms with Gasteiger partial charge in [0.25, 0.3) is 0 Å². The van der Waals surface area contributed by atoms with Gasteiger partial charge in [-0.15, -0.1) is 0 Å². The topological polar surface area (TPSA) is 12.4 Å². The van der Waals surface area contributed by atoms with Crippen LogP contribution in [-0.2, 0) is 0 Å². The Bertz CT molecular complexity index is 102. The molecule has 58 valence electrons. The normalized spacial score (nSPS) is 15.1. The SMILES string of the molecule is CC=NC(/C=C\C)CCC. The van der Waals surface area contributed by atoms with E-state index in [9.17, 15) is 0 Å². The number of hydrogen-bond donors (Lipinski definition) is 0. The second kappa shape index (κ2) is 6.53. The molecular formula is C9H17N. The Hall–Kier alpha value is -0.590. The fourth-order valence-electron chi connectivity index (χ4n) is 0.930. The standard InChI is InChI=1S/C9H17N/c1-4-7-9(8-5-2)10-6-3/h4,6-7,9H,5,8H2,1-3H3/b7-4-,10-6?. The monoisotopic (exact) mass is 139 g/mol. The molecule has 0 aliphatic carbocycles. The van der Waals surface area contributed by atoms with E-state index < -0.39 is 0 Å². The Morgan fingerprint density at radius 3 is 2.50 bits per heavy atom. The van der Waals surface area contributed by atoms with Crippen LogP contribution in [0.3, 0.4) is 0 Å². The van der Waals surface area contributed by atoms with Crippen molar-refractivity contribution in [2.45, 2.75) is 39.7 Å². The van der Waals surface area contributed by atoms with E-state index in [4.69, 9.17) is 0 Å². The van der Waals surface area contributed by atoms with Gasteiger partial charge in [0.1, 0.15) is 0 Å². The van der Waals surface area contributed by atoms with E-state index in [0.717, 1.165) is 6.42 Å². The molecule has 0 aromatic carbocycles. The van der Waals surface area contributed by atoms with Gasteiger partial charge in [-0.25, -0.2) is 0 Å². The van der Waals surface area contributed by atoms with Crippen molar-refractivity contribution in [2.24, 2.45) is 4.99 Å². The highest BCUT2D eigenvalue weighted by Gasteiger charge is 1.95. The summed E-state index contributed by atoms with van der Waals surface area (Å²) in [5.74, 6) is 0. The fraction of sp³-hybridized carbons (Fsp3) is 0.667. The first-order valence-corrected chi connectivity index (χ1v) is 3.95. The van der Waals surface area contributed by atoms with Gasteiger partial charge in [-0.3, -0.25) is 4.99 Å². The number of rotatable bonds is 4. The molecule has 0 spiro atoms. The van der Waals surface area contributed by atoms with Crippen molar-refractivity contribution in [3.8, 4) is 0 Å². The van der Waals surface area contributed by atoms with Crippen LogP contribution < -0.4 is 0 Å². The van der Waals surface area contributed by atoms with Crippen LogP contribution in [-0.4, -0.2) is 12.3 Å². The first-order valence-electron chi connectivity index (χ1n) is 3.95. The summed E-state index contributed by atoms with van der Waals surface area (Å²) in [4.78, 5) is 4.29. The predicted octanol–water partition coefficient (Wildman–Crippen LogP) is 2.82. The van der Waals surface area contributed by atoms with Crippen molar-refractivity contribution in [1.82, 2.24) is 0 Å². The number of allylic oxidation sites excluding steroid dienone is 1. The van der Waals surface area contributed by atoms with Gasteiger partial charge in [-0.1, -0.05) is 25.5 Å². The number of aliphatic imine (C=N–C) groups is 1. The lowest BCUT2D eigenvalue weighted by atomic mass is 10.1. The summed E-state index contributed by atoms with van der Waals surface area (Å²) in [6, 6.07) is 0.417. The van der Waals surface area contributed by atoms with E-state index in [1.165, 1.54) is 6.42 Å². The second-order valence-electron chi connectivity index (χ2n) is 2.29. The zero-order valence-corrected chi connectivity index (χ0v) is 7.17. The zero-order valence-electron chi connectivity index (χ0n) is 7.17. The summed E-state index contributed by atoms with van der Waals surface area (Å²) in [7, 11) is 0. The van der Waals surface area contributed by atoms with E-state index >= 15 is 0 Å². The Morgan fingerprint density at radius 1 is 1.40 bits per heavy atom. The van der Waals surface area contributed by atoms with Crippen molar-refractivity contribution in [1.29, 1.82) is 0 Å². The van der Waals surface area contributed by atoms with E-state index in [2.05, 4.69) is 24.1 Å². The maximum atomic E-state index is 4.29. The van der Waals surface area contributed by atoms with Gasteiger partial charge in [-0.2, -0.15) is 0 Å². The highest BCUT2D eigenvalue weighted by molar-refractivity contribution is 5.53. The number of hydrogen-bond acceptors (Lipinski definition) is 1. The minimum atomic E-state index is 0.417. The second-order valence-corrected chi connectivity index (χ2v) is 2.29. The minimum Gasteiger partial charge on any atom is -0.290 e. The van der Waals surface area contributed by atoms with Crippen LogP contribution in [0.15, 0.2) is 17.1 Å². The predicted molar refractivity (Wildman–Crippen MR) is 47.7 cm³/mol. The molecule has 0 aliphatic heterocycles. The summed E-state index contributed by atoms with van der Waals surface area (Å²) in [5.41, 5.74) is 0. The number of nitrogens with zero attached hydrogens (tertiary/aromatic N) is 1. The van der Waals surface area contributed by atoms with Crippen LogP contribution in [0.1, 0.15) is 33.6 Å². The molecule has 0 rings (SSSR count). The van der Waals surface area contributed by atoms with Gasteiger partial charge < -0.3 is 0 Å². The van der Waals surface area contributed by atoms with Crippen LogP contribution in [0, 0.1) is 0 Å². The molecule has 0 N–H and O–H groups in total. The maximum absolute atomic E-state index is 4.29. The third-order valence-corrected chi connectivity index (χ3v) is 1.34. The third-order valence-electron chi connectivity index (χ3n) is 1.34. The van der Waals surface area contributed by atoms with Crippen LogP contribution in [0.25, 0.3) is 0 Å². The van der Waals surface area contributed by atoms with Gasteiger partial charge in [-0.05, 0) is 26.5 Å². The average molecular weight is 139 g/mol. The zero-order chi connectivity index (χ0) is 7.82. The molecule has 0 saturated carbocycles. The summed E-state index contributed by atoms with van der Waals surface area (Å²) in [6.45, 7) is 6.18. The van der Waals surface area contributed by atoms with Crippen LogP contribution >= 0.6 is 0 Å². The Morgan fingerprint density at radius 2 is 2.10 bits per heavy atom. The molecule has 1 atom stereocenters. The molecular weight excluding hydrogens is 122 g/mol. The molecule has 0 fully saturated rings. The summed E-state index contributed by atoms with van der Waals surface area (Å²) >= 11 is 0. The Balaban J connectivity index is 3.72. The highest BCUT2D eigenvalue weighted by atomic mass is 14.7. The lowest BCUT2D eigenvalue weighted by molar-refractivity contribution is 0.707. The average Bonchev–Trinajstić information content (AvgIpc) is 1.90. The summed E-state index contributed by atoms with van der Waals surface area (Å²) in [6.07, 6.45) is 8.44. The van der Waals surface area contributed by atoms with Gasteiger partial charge in [0.2, 0.25) is 0 Å². The van der Waals surface area contributed by atoms with Crippen molar-refractivity contribution >= 4 is 6.21 Å². The molecule has 0 bridgehead atoms. The van der Waals surface area contributed by atoms with Crippen LogP contribution in [0.5, 0.6) is 0 Å². The van der Waals surface area contributed by atoms with Gasteiger partial charge in [0.05, 0.1) is 6.04 Å². The van der Waals surface area contributed by atoms with E-state index in [-0.39, 0.29) is 0 Å². The minimum absolute atomic E-state index is 0.417. The van der Waals surface area contributed by atoms with E-state index in [1.807, 2.05) is 20.1 Å². The smallest absolute Gasteiger partial charge is 0.0675 e. The lowest BCUT2D eigenvalue weighted by Crippen LogP contribution is -1.98. The molecule has 10 heavy (non-hydrogen) atoms. The molecule has 0 heterocycles. The molecule has 0 aliphatic rings. The van der Waals surface area contributed by atoms with Crippen LogP contribution in [0.4, 0.5) is 0 Å². The molecule has 0 aromatic heterocycles. The Labute approximate surface area is 63.9 Å². The maximum Gasteiger partial charge on any atom is 0.0675 e. The largest absolute Gasteiger partial charge is 0.290 e. The molecule has 0 aromatic rings. The van der Waals surface area contributed by atoms with Crippen LogP contribution in [0.2, 0.25) is 0 Å². The van der Waals surface area contributed by atoms with Gasteiger partial charge >= 0.3 is 0 Å². The first-order chi connectivity index (χ1) is 4.85. The molecule has 0 radical (unpaired) electrons. The van der Waals surface area contributed by atoms with Gasteiger partial charge in [0, 0.05) is 0 Å². The van der Waals surface area contributed by atoms with Crippen molar-refractivity contribution in [2.75, 3.05) is 0 Å². The first kappa shape index (κ1) is 9.41. The summed E-state index contributed by atoms with van der Waals surface area (Å²) in [5, 5.41) is 0.